The minimum absolute atomic E-state index is 0.321. The fourth-order valence-electron chi connectivity index (χ4n) is 4.65. The van der Waals surface area contributed by atoms with Crippen LogP contribution in [0.2, 0.25) is 0 Å². The maximum atomic E-state index is 10.4. The first kappa shape index (κ1) is 10.8. The Bertz CT molecular complexity index is 305. The van der Waals surface area contributed by atoms with Crippen molar-refractivity contribution in [3.63, 3.8) is 0 Å². The predicted octanol–water partition coefficient (Wildman–Crippen LogP) is 2.10. The molecule has 0 spiro atoms. The van der Waals surface area contributed by atoms with Gasteiger partial charge in [0.25, 0.3) is 0 Å². The second kappa shape index (κ2) is 3.84. The van der Waals surface area contributed by atoms with Crippen LogP contribution in [0.1, 0.15) is 38.5 Å². The molecule has 0 aromatic heterocycles. The van der Waals surface area contributed by atoms with Gasteiger partial charge >= 0.3 is 0 Å². The molecule has 0 saturated heterocycles. The second-order valence-electron chi connectivity index (χ2n) is 5.97. The van der Waals surface area contributed by atoms with Gasteiger partial charge < -0.3 is 9.27 Å². The lowest BCUT2D eigenvalue weighted by Crippen LogP contribution is -2.45. The van der Waals surface area contributed by atoms with Crippen molar-refractivity contribution < 1.29 is 8.76 Å². The first-order chi connectivity index (χ1) is 7.65. The highest BCUT2D eigenvalue weighted by Crippen LogP contribution is 2.60. The van der Waals surface area contributed by atoms with Gasteiger partial charge in [-0.1, -0.05) is 6.08 Å². The molecule has 4 aliphatic rings. The lowest BCUT2D eigenvalue weighted by molar-refractivity contribution is -0.0238. The van der Waals surface area contributed by atoms with Crippen LogP contribution in [0.25, 0.3) is 0 Å². The van der Waals surface area contributed by atoms with E-state index >= 15 is 0 Å². The zero-order valence-electron chi connectivity index (χ0n) is 9.35. The van der Waals surface area contributed by atoms with E-state index in [-0.39, 0.29) is 0 Å². The summed E-state index contributed by atoms with van der Waals surface area (Å²) in [6.45, 7) is 0. The van der Waals surface area contributed by atoms with Gasteiger partial charge in [0, 0.05) is 17.5 Å². The molecule has 0 radical (unpaired) electrons. The number of hydrogen-bond acceptors (Lipinski definition) is 2. The zero-order valence-corrected chi connectivity index (χ0v) is 10.2. The second-order valence-corrected chi connectivity index (χ2v) is 6.67. The Labute approximate surface area is 99.1 Å². The van der Waals surface area contributed by atoms with E-state index in [2.05, 4.69) is 10.8 Å². The van der Waals surface area contributed by atoms with Crippen molar-refractivity contribution in [2.45, 2.75) is 38.5 Å². The SMILES string of the molecule is O=S([O-])NC=CC12CC3CC(CC(C3)C1)C2. The van der Waals surface area contributed by atoms with Gasteiger partial charge in [-0.2, -0.15) is 0 Å². The van der Waals surface area contributed by atoms with Crippen LogP contribution in [0.5, 0.6) is 0 Å². The van der Waals surface area contributed by atoms with Gasteiger partial charge in [0.05, 0.1) is 0 Å². The third-order valence-corrected chi connectivity index (χ3v) is 5.02. The predicted molar refractivity (Wildman–Crippen MR) is 61.8 cm³/mol. The zero-order chi connectivity index (χ0) is 11.2. The van der Waals surface area contributed by atoms with Crippen molar-refractivity contribution in [3.8, 4) is 0 Å². The van der Waals surface area contributed by atoms with Crippen molar-refractivity contribution >= 4 is 11.3 Å². The van der Waals surface area contributed by atoms with Crippen molar-refractivity contribution in [2.24, 2.45) is 23.2 Å². The molecule has 90 valence electrons. The molecule has 4 fully saturated rings. The molecule has 1 atom stereocenters. The summed E-state index contributed by atoms with van der Waals surface area (Å²) >= 11 is -2.17. The van der Waals surface area contributed by atoms with Crippen molar-refractivity contribution in [1.82, 2.24) is 4.72 Å². The molecule has 1 N–H and O–H groups in total. The lowest BCUT2D eigenvalue weighted by atomic mass is 9.50. The molecule has 0 aliphatic heterocycles. The van der Waals surface area contributed by atoms with Gasteiger partial charge in [-0.15, -0.1) is 0 Å². The quantitative estimate of drug-likeness (QED) is 0.768. The standard InChI is InChI=1S/C12H19NO2S/c14-16(15)13-2-1-12-6-9-3-10(7-12)5-11(4-9)8-12/h1-2,9-11,13H,3-8H2,(H,14,15)/p-1. The van der Waals surface area contributed by atoms with Crippen LogP contribution in [0.4, 0.5) is 0 Å². The van der Waals surface area contributed by atoms with E-state index in [0.717, 1.165) is 17.8 Å². The molecular formula is C12H18NO2S-. The molecule has 4 bridgehead atoms. The Hall–Kier alpha value is -0.350. The molecular weight excluding hydrogens is 222 g/mol. The largest absolute Gasteiger partial charge is 0.755 e. The average Bonchev–Trinajstić information content (AvgIpc) is 2.13. The van der Waals surface area contributed by atoms with Crippen molar-refractivity contribution in [1.29, 1.82) is 0 Å². The molecule has 4 aliphatic carbocycles. The Morgan fingerprint density at radius 2 is 1.62 bits per heavy atom. The van der Waals surface area contributed by atoms with Crippen LogP contribution >= 0.6 is 0 Å². The monoisotopic (exact) mass is 240 g/mol. The highest BCUT2D eigenvalue weighted by atomic mass is 32.2. The molecule has 3 nitrogen and oxygen atoms in total. The molecule has 0 aromatic rings. The molecule has 4 rings (SSSR count). The summed E-state index contributed by atoms with van der Waals surface area (Å²) in [5.74, 6) is 2.73. The summed E-state index contributed by atoms with van der Waals surface area (Å²) in [6.07, 6.45) is 11.9. The summed E-state index contributed by atoms with van der Waals surface area (Å²) < 4.78 is 23.2. The minimum atomic E-state index is -2.17. The maximum Gasteiger partial charge on any atom is 0.0442 e. The van der Waals surface area contributed by atoms with Gasteiger partial charge in [0.2, 0.25) is 0 Å². The topological polar surface area (TPSA) is 52.2 Å². The van der Waals surface area contributed by atoms with Crippen LogP contribution in [0.3, 0.4) is 0 Å². The highest BCUT2D eigenvalue weighted by molar-refractivity contribution is 7.77. The van der Waals surface area contributed by atoms with Crippen LogP contribution in [-0.4, -0.2) is 8.76 Å². The number of hydrogen-bond donors (Lipinski definition) is 1. The number of allylic oxidation sites excluding steroid dienone is 1. The van der Waals surface area contributed by atoms with Crippen LogP contribution in [0, 0.1) is 23.2 Å². The number of nitrogens with one attached hydrogen (secondary N) is 1. The maximum absolute atomic E-state index is 10.4. The Balaban J connectivity index is 1.73. The van der Waals surface area contributed by atoms with E-state index in [1.54, 1.807) is 6.20 Å². The average molecular weight is 240 g/mol. The Kier molecular flexibility index (Phi) is 2.59. The minimum Gasteiger partial charge on any atom is -0.755 e. The van der Waals surface area contributed by atoms with E-state index in [9.17, 15) is 8.76 Å². The van der Waals surface area contributed by atoms with Gasteiger partial charge in [-0.3, -0.25) is 4.21 Å². The first-order valence-corrected chi connectivity index (χ1v) is 7.26. The Morgan fingerprint density at radius 3 is 2.06 bits per heavy atom. The first-order valence-electron chi connectivity index (χ1n) is 6.18. The third kappa shape index (κ3) is 1.93. The summed E-state index contributed by atoms with van der Waals surface area (Å²) in [6, 6.07) is 0. The van der Waals surface area contributed by atoms with Crippen LogP contribution < -0.4 is 4.72 Å². The molecule has 16 heavy (non-hydrogen) atoms. The van der Waals surface area contributed by atoms with Crippen molar-refractivity contribution in [2.75, 3.05) is 0 Å². The van der Waals surface area contributed by atoms with Crippen molar-refractivity contribution in [3.05, 3.63) is 12.3 Å². The number of rotatable bonds is 3. The van der Waals surface area contributed by atoms with E-state index in [1.807, 2.05) is 0 Å². The van der Waals surface area contributed by atoms with Gasteiger partial charge in [0.15, 0.2) is 0 Å². The summed E-state index contributed by atoms with van der Waals surface area (Å²) in [5.41, 5.74) is 0.321. The molecule has 4 heteroatoms. The summed E-state index contributed by atoms with van der Waals surface area (Å²) in [7, 11) is 0. The van der Waals surface area contributed by atoms with E-state index in [4.69, 9.17) is 0 Å². The van der Waals surface area contributed by atoms with E-state index in [1.165, 1.54) is 38.5 Å². The normalized spacial score (nSPS) is 47.4. The van der Waals surface area contributed by atoms with E-state index < -0.39 is 11.3 Å². The van der Waals surface area contributed by atoms with Crippen LogP contribution in [-0.2, 0) is 11.3 Å². The van der Waals surface area contributed by atoms with Gasteiger partial charge in [-0.05, 0) is 61.7 Å². The van der Waals surface area contributed by atoms with Gasteiger partial charge in [0.1, 0.15) is 0 Å². The smallest absolute Gasteiger partial charge is 0.0442 e. The lowest BCUT2D eigenvalue weighted by Gasteiger charge is -2.55. The molecule has 0 heterocycles. The summed E-state index contributed by atoms with van der Waals surface area (Å²) in [5, 5.41) is 0. The molecule has 0 amide bonds. The fraction of sp³-hybridized carbons (Fsp3) is 0.833. The summed E-state index contributed by atoms with van der Waals surface area (Å²) in [4.78, 5) is 0. The molecule has 4 saturated carbocycles. The third-order valence-electron chi connectivity index (χ3n) is 4.69. The Morgan fingerprint density at radius 1 is 1.12 bits per heavy atom. The highest BCUT2D eigenvalue weighted by Gasteiger charge is 2.49. The molecule has 0 aromatic carbocycles. The van der Waals surface area contributed by atoms with Gasteiger partial charge in [-0.25, -0.2) is 0 Å². The van der Waals surface area contributed by atoms with E-state index in [0.29, 0.717) is 5.41 Å². The fourth-order valence-corrected chi connectivity index (χ4v) is 4.83. The molecule has 1 unspecified atom stereocenters. The van der Waals surface area contributed by atoms with Crippen LogP contribution in [0.15, 0.2) is 12.3 Å².